The van der Waals surface area contributed by atoms with E-state index in [0.717, 1.165) is 35.4 Å². The number of hydrogen-bond acceptors (Lipinski definition) is 5. The Bertz CT molecular complexity index is 734. The number of rotatable bonds is 3. The van der Waals surface area contributed by atoms with Crippen molar-refractivity contribution in [2.45, 2.75) is 29.9 Å². The van der Waals surface area contributed by atoms with Gasteiger partial charge < -0.3 is 0 Å². The van der Waals surface area contributed by atoms with Crippen molar-refractivity contribution in [1.82, 2.24) is 14.3 Å². The van der Waals surface area contributed by atoms with Crippen LogP contribution in [-0.2, 0) is 10.0 Å². The topological polar surface area (TPSA) is 63.2 Å². The molecule has 1 aliphatic rings. The standard InChI is InChI=1S/C14H16ClN3O2S2/c1-10-8-13(21-14(10)15)22(19,20)18-6-3-11(4-7-18)12-2-5-16-9-17-12/h2,5,8-9,11H,3-4,6-7H2,1H3. The smallest absolute Gasteiger partial charge is 0.245 e. The van der Waals surface area contributed by atoms with Crippen molar-refractivity contribution in [2.24, 2.45) is 0 Å². The molecule has 0 aromatic carbocycles. The second kappa shape index (κ2) is 6.23. The third-order valence-electron chi connectivity index (χ3n) is 3.91. The summed E-state index contributed by atoms with van der Waals surface area (Å²) in [6.07, 6.45) is 4.80. The molecule has 5 nitrogen and oxygen atoms in total. The number of aryl methyl sites for hydroxylation is 1. The molecule has 0 spiro atoms. The lowest BCUT2D eigenvalue weighted by Gasteiger charge is -2.30. The lowest BCUT2D eigenvalue weighted by atomic mass is 9.94. The van der Waals surface area contributed by atoms with E-state index in [0.29, 0.717) is 27.6 Å². The Morgan fingerprint density at radius 2 is 2.09 bits per heavy atom. The van der Waals surface area contributed by atoms with Gasteiger partial charge in [-0.25, -0.2) is 18.4 Å². The Morgan fingerprint density at radius 1 is 1.36 bits per heavy atom. The predicted octanol–water partition coefficient (Wildman–Crippen LogP) is 3.07. The van der Waals surface area contributed by atoms with Gasteiger partial charge in [0.05, 0.1) is 4.34 Å². The van der Waals surface area contributed by atoms with Gasteiger partial charge >= 0.3 is 0 Å². The van der Waals surface area contributed by atoms with Crippen molar-refractivity contribution >= 4 is 33.0 Å². The molecule has 8 heteroatoms. The van der Waals surface area contributed by atoms with Gasteiger partial charge in [0, 0.05) is 30.9 Å². The molecule has 0 aliphatic carbocycles. The predicted molar refractivity (Wildman–Crippen MR) is 86.8 cm³/mol. The summed E-state index contributed by atoms with van der Waals surface area (Å²) in [7, 11) is -3.43. The molecule has 0 saturated carbocycles. The Kier molecular flexibility index (Phi) is 4.49. The van der Waals surface area contributed by atoms with Crippen LogP contribution in [0, 0.1) is 6.92 Å². The molecule has 3 rings (SSSR count). The molecule has 1 fully saturated rings. The zero-order valence-corrected chi connectivity index (χ0v) is 14.5. The van der Waals surface area contributed by atoms with Gasteiger partial charge in [-0.15, -0.1) is 11.3 Å². The van der Waals surface area contributed by atoms with Crippen LogP contribution in [0.2, 0.25) is 4.34 Å². The third-order valence-corrected chi connectivity index (χ3v) is 7.81. The first-order chi connectivity index (χ1) is 10.5. The van der Waals surface area contributed by atoms with E-state index in [2.05, 4.69) is 9.97 Å². The molecule has 1 saturated heterocycles. The molecule has 118 valence electrons. The minimum absolute atomic E-state index is 0.295. The Balaban J connectivity index is 1.73. The first-order valence-electron chi connectivity index (χ1n) is 7.00. The van der Waals surface area contributed by atoms with E-state index in [9.17, 15) is 8.42 Å². The Hall–Kier alpha value is -1.02. The highest BCUT2D eigenvalue weighted by atomic mass is 35.5. The van der Waals surface area contributed by atoms with Crippen LogP contribution in [0.15, 0.2) is 28.9 Å². The normalized spacial score (nSPS) is 17.7. The van der Waals surface area contributed by atoms with E-state index in [-0.39, 0.29) is 0 Å². The molecule has 2 aromatic rings. The molecule has 22 heavy (non-hydrogen) atoms. The van der Waals surface area contributed by atoms with Gasteiger partial charge in [-0.2, -0.15) is 4.31 Å². The zero-order chi connectivity index (χ0) is 15.7. The van der Waals surface area contributed by atoms with Gasteiger partial charge in [0.1, 0.15) is 10.5 Å². The van der Waals surface area contributed by atoms with Gasteiger partial charge in [-0.1, -0.05) is 11.6 Å². The second-order valence-electron chi connectivity index (χ2n) is 5.33. The van der Waals surface area contributed by atoms with Crippen LogP contribution in [-0.4, -0.2) is 35.8 Å². The number of hydrogen-bond donors (Lipinski definition) is 0. The Morgan fingerprint density at radius 3 is 2.64 bits per heavy atom. The molecule has 0 radical (unpaired) electrons. The summed E-state index contributed by atoms with van der Waals surface area (Å²) in [4.78, 5) is 8.18. The van der Waals surface area contributed by atoms with E-state index in [1.54, 1.807) is 16.6 Å². The van der Waals surface area contributed by atoms with Crippen LogP contribution in [0.3, 0.4) is 0 Å². The van der Waals surface area contributed by atoms with E-state index in [1.807, 2.05) is 13.0 Å². The largest absolute Gasteiger partial charge is 0.252 e. The maximum atomic E-state index is 12.6. The van der Waals surface area contributed by atoms with E-state index in [1.165, 1.54) is 6.33 Å². The van der Waals surface area contributed by atoms with Crippen LogP contribution < -0.4 is 0 Å². The van der Waals surface area contributed by atoms with Crippen LogP contribution in [0.5, 0.6) is 0 Å². The SMILES string of the molecule is Cc1cc(S(=O)(=O)N2CCC(c3ccncn3)CC2)sc1Cl. The fraction of sp³-hybridized carbons (Fsp3) is 0.429. The molecule has 0 atom stereocenters. The Labute approximate surface area is 139 Å². The molecular formula is C14H16ClN3O2S2. The minimum Gasteiger partial charge on any atom is -0.245 e. The van der Waals surface area contributed by atoms with Gasteiger partial charge in [0.25, 0.3) is 10.0 Å². The monoisotopic (exact) mass is 357 g/mol. The minimum atomic E-state index is -3.43. The zero-order valence-electron chi connectivity index (χ0n) is 12.1. The van der Waals surface area contributed by atoms with Crippen molar-refractivity contribution in [2.75, 3.05) is 13.1 Å². The molecule has 0 bridgehead atoms. The molecule has 1 aliphatic heterocycles. The van der Waals surface area contributed by atoms with Crippen molar-refractivity contribution < 1.29 is 8.42 Å². The van der Waals surface area contributed by atoms with Gasteiger partial charge in [-0.3, -0.25) is 0 Å². The fourth-order valence-electron chi connectivity index (χ4n) is 2.62. The highest BCUT2D eigenvalue weighted by molar-refractivity contribution is 7.91. The highest BCUT2D eigenvalue weighted by Gasteiger charge is 2.31. The molecule has 2 aromatic heterocycles. The highest BCUT2D eigenvalue weighted by Crippen LogP contribution is 2.34. The average Bonchev–Trinajstić information content (AvgIpc) is 2.88. The molecule has 3 heterocycles. The van der Waals surface area contributed by atoms with Crippen molar-refractivity contribution in [3.8, 4) is 0 Å². The second-order valence-corrected chi connectivity index (χ2v) is 9.15. The summed E-state index contributed by atoms with van der Waals surface area (Å²) >= 11 is 7.13. The first kappa shape index (κ1) is 15.9. The summed E-state index contributed by atoms with van der Waals surface area (Å²) in [5.74, 6) is 0.295. The van der Waals surface area contributed by atoms with Crippen LogP contribution in [0.4, 0.5) is 0 Å². The molecular weight excluding hydrogens is 342 g/mol. The maximum absolute atomic E-state index is 12.6. The van der Waals surface area contributed by atoms with E-state index >= 15 is 0 Å². The fourth-order valence-corrected chi connectivity index (χ4v) is 5.95. The average molecular weight is 358 g/mol. The molecule has 0 amide bonds. The number of nitrogens with zero attached hydrogens (tertiary/aromatic N) is 3. The summed E-state index contributed by atoms with van der Waals surface area (Å²) < 4.78 is 27.7. The van der Waals surface area contributed by atoms with Crippen LogP contribution >= 0.6 is 22.9 Å². The summed E-state index contributed by atoms with van der Waals surface area (Å²) in [6, 6.07) is 3.55. The number of sulfonamides is 1. The number of halogens is 1. The van der Waals surface area contributed by atoms with Gasteiger partial charge in [0.2, 0.25) is 0 Å². The van der Waals surface area contributed by atoms with Crippen molar-refractivity contribution in [3.63, 3.8) is 0 Å². The van der Waals surface area contributed by atoms with Gasteiger partial charge in [0.15, 0.2) is 0 Å². The number of piperidine rings is 1. The van der Waals surface area contributed by atoms with E-state index < -0.39 is 10.0 Å². The van der Waals surface area contributed by atoms with Crippen LogP contribution in [0.1, 0.15) is 30.0 Å². The lowest BCUT2D eigenvalue weighted by molar-refractivity contribution is 0.317. The quantitative estimate of drug-likeness (QED) is 0.846. The van der Waals surface area contributed by atoms with Crippen molar-refractivity contribution in [1.29, 1.82) is 0 Å². The summed E-state index contributed by atoms with van der Waals surface area (Å²) in [5, 5.41) is 0. The first-order valence-corrected chi connectivity index (χ1v) is 9.64. The van der Waals surface area contributed by atoms with E-state index in [4.69, 9.17) is 11.6 Å². The molecule has 0 N–H and O–H groups in total. The third kappa shape index (κ3) is 3.03. The summed E-state index contributed by atoms with van der Waals surface area (Å²) in [5.41, 5.74) is 1.79. The van der Waals surface area contributed by atoms with Crippen molar-refractivity contribution in [3.05, 3.63) is 40.3 Å². The summed E-state index contributed by atoms with van der Waals surface area (Å²) in [6.45, 7) is 2.83. The van der Waals surface area contributed by atoms with Crippen LogP contribution in [0.25, 0.3) is 0 Å². The number of thiophene rings is 1. The van der Waals surface area contributed by atoms with Gasteiger partial charge in [-0.05, 0) is 37.5 Å². The maximum Gasteiger partial charge on any atom is 0.252 e. The molecule has 0 unspecified atom stereocenters. The number of aromatic nitrogens is 2. The lowest BCUT2D eigenvalue weighted by Crippen LogP contribution is -2.37.